The molecule has 0 saturated heterocycles. The minimum atomic E-state index is -0.495. The van der Waals surface area contributed by atoms with Crippen molar-refractivity contribution < 1.29 is 9.53 Å². The van der Waals surface area contributed by atoms with Crippen molar-refractivity contribution in [3.8, 4) is 5.75 Å². The van der Waals surface area contributed by atoms with Gasteiger partial charge in [-0.25, -0.2) is 0 Å². The van der Waals surface area contributed by atoms with Crippen LogP contribution >= 0.6 is 0 Å². The van der Waals surface area contributed by atoms with E-state index in [-0.39, 0.29) is 11.4 Å². The molecule has 3 nitrogen and oxygen atoms in total. The SMILES string of the molecule is Cc1cc(C)cc(OC(C)C(=O)NC(C)(C)C)c1. The van der Waals surface area contributed by atoms with Gasteiger partial charge in [0.15, 0.2) is 6.10 Å². The van der Waals surface area contributed by atoms with Crippen LogP contribution in [0.25, 0.3) is 0 Å². The van der Waals surface area contributed by atoms with Gasteiger partial charge in [0.25, 0.3) is 5.91 Å². The summed E-state index contributed by atoms with van der Waals surface area (Å²) in [6.45, 7) is 11.6. The summed E-state index contributed by atoms with van der Waals surface area (Å²) in [5.41, 5.74) is 2.03. The number of hydrogen-bond acceptors (Lipinski definition) is 2. The second-order valence-electron chi connectivity index (χ2n) is 5.82. The molecular formula is C15H23NO2. The summed E-state index contributed by atoms with van der Waals surface area (Å²) in [4.78, 5) is 11.9. The fraction of sp³-hybridized carbons (Fsp3) is 0.533. The van der Waals surface area contributed by atoms with Gasteiger partial charge in [-0.2, -0.15) is 0 Å². The Morgan fingerprint density at radius 2 is 1.67 bits per heavy atom. The molecular weight excluding hydrogens is 226 g/mol. The lowest BCUT2D eigenvalue weighted by atomic mass is 10.1. The summed E-state index contributed by atoms with van der Waals surface area (Å²) >= 11 is 0. The van der Waals surface area contributed by atoms with Crippen molar-refractivity contribution in [2.24, 2.45) is 0 Å². The fourth-order valence-corrected chi connectivity index (χ4v) is 1.73. The standard InChI is InChI=1S/C15H23NO2/c1-10-7-11(2)9-13(8-10)18-12(3)14(17)16-15(4,5)6/h7-9,12H,1-6H3,(H,16,17). The van der Waals surface area contributed by atoms with Crippen LogP contribution in [0, 0.1) is 13.8 Å². The molecule has 0 heterocycles. The van der Waals surface area contributed by atoms with Gasteiger partial charge in [0.2, 0.25) is 0 Å². The quantitative estimate of drug-likeness (QED) is 0.894. The predicted octanol–water partition coefficient (Wildman–Crippen LogP) is 2.99. The average Bonchev–Trinajstić information content (AvgIpc) is 2.12. The normalized spacial score (nSPS) is 13.0. The molecule has 0 aliphatic carbocycles. The first kappa shape index (κ1) is 14.6. The van der Waals surface area contributed by atoms with Crippen LogP contribution in [-0.2, 0) is 4.79 Å². The molecule has 0 aliphatic heterocycles. The zero-order valence-corrected chi connectivity index (χ0v) is 12.1. The average molecular weight is 249 g/mol. The molecule has 18 heavy (non-hydrogen) atoms. The second-order valence-corrected chi connectivity index (χ2v) is 5.82. The van der Waals surface area contributed by atoms with Crippen LogP contribution in [0.4, 0.5) is 0 Å². The van der Waals surface area contributed by atoms with Crippen molar-refractivity contribution in [1.29, 1.82) is 0 Å². The van der Waals surface area contributed by atoms with E-state index in [2.05, 4.69) is 11.4 Å². The van der Waals surface area contributed by atoms with Gasteiger partial charge in [-0.05, 0) is 64.8 Å². The van der Waals surface area contributed by atoms with E-state index in [1.807, 2.05) is 46.8 Å². The molecule has 0 aromatic heterocycles. The Morgan fingerprint density at radius 3 is 2.11 bits per heavy atom. The van der Waals surface area contributed by atoms with Gasteiger partial charge in [0, 0.05) is 5.54 Å². The van der Waals surface area contributed by atoms with E-state index in [9.17, 15) is 4.79 Å². The van der Waals surface area contributed by atoms with Crippen LogP contribution in [-0.4, -0.2) is 17.6 Å². The van der Waals surface area contributed by atoms with E-state index in [1.54, 1.807) is 6.92 Å². The summed E-state index contributed by atoms with van der Waals surface area (Å²) in [7, 11) is 0. The fourth-order valence-electron chi connectivity index (χ4n) is 1.73. The zero-order chi connectivity index (χ0) is 13.9. The largest absolute Gasteiger partial charge is 0.481 e. The number of aryl methyl sites for hydroxylation is 2. The number of nitrogens with one attached hydrogen (secondary N) is 1. The van der Waals surface area contributed by atoms with Crippen LogP contribution in [0.15, 0.2) is 18.2 Å². The summed E-state index contributed by atoms with van der Waals surface area (Å²) < 4.78 is 5.67. The topological polar surface area (TPSA) is 38.3 Å². The van der Waals surface area contributed by atoms with Gasteiger partial charge in [0.05, 0.1) is 0 Å². The number of benzene rings is 1. The highest BCUT2D eigenvalue weighted by atomic mass is 16.5. The Balaban J connectivity index is 2.69. The van der Waals surface area contributed by atoms with Crippen molar-refractivity contribution in [3.63, 3.8) is 0 Å². The van der Waals surface area contributed by atoms with Crippen LogP contribution in [0.1, 0.15) is 38.8 Å². The first-order valence-electron chi connectivity index (χ1n) is 6.24. The highest BCUT2D eigenvalue weighted by molar-refractivity contribution is 5.81. The molecule has 0 fully saturated rings. The maximum Gasteiger partial charge on any atom is 0.261 e. The number of amides is 1. The predicted molar refractivity (Wildman–Crippen MR) is 73.9 cm³/mol. The minimum Gasteiger partial charge on any atom is -0.481 e. The molecule has 1 amide bonds. The zero-order valence-electron chi connectivity index (χ0n) is 12.1. The highest BCUT2D eigenvalue weighted by Gasteiger charge is 2.20. The smallest absolute Gasteiger partial charge is 0.261 e. The number of rotatable bonds is 3. The molecule has 1 unspecified atom stereocenters. The van der Waals surface area contributed by atoms with E-state index >= 15 is 0 Å². The van der Waals surface area contributed by atoms with Gasteiger partial charge in [-0.1, -0.05) is 6.07 Å². The number of carbonyl (C=O) groups excluding carboxylic acids is 1. The van der Waals surface area contributed by atoms with Crippen molar-refractivity contribution in [1.82, 2.24) is 5.32 Å². The Kier molecular flexibility index (Phi) is 4.38. The molecule has 1 aromatic carbocycles. The van der Waals surface area contributed by atoms with Gasteiger partial charge < -0.3 is 10.1 Å². The van der Waals surface area contributed by atoms with E-state index in [1.165, 1.54) is 0 Å². The van der Waals surface area contributed by atoms with Crippen LogP contribution in [0.3, 0.4) is 0 Å². The molecule has 1 aromatic rings. The Bertz CT molecular complexity index is 412. The monoisotopic (exact) mass is 249 g/mol. The van der Waals surface area contributed by atoms with Gasteiger partial charge in [-0.15, -0.1) is 0 Å². The van der Waals surface area contributed by atoms with E-state index < -0.39 is 6.10 Å². The first-order valence-corrected chi connectivity index (χ1v) is 6.24. The Hall–Kier alpha value is -1.51. The first-order chi connectivity index (χ1) is 8.17. The van der Waals surface area contributed by atoms with Crippen molar-refractivity contribution in [3.05, 3.63) is 29.3 Å². The van der Waals surface area contributed by atoms with E-state index in [4.69, 9.17) is 4.74 Å². The van der Waals surface area contributed by atoms with E-state index in [0.717, 1.165) is 16.9 Å². The Morgan fingerprint density at radius 1 is 1.17 bits per heavy atom. The highest BCUT2D eigenvalue weighted by Crippen LogP contribution is 2.17. The van der Waals surface area contributed by atoms with Crippen LogP contribution < -0.4 is 10.1 Å². The summed E-state index contributed by atoms with van der Waals surface area (Å²) in [6, 6.07) is 5.95. The molecule has 3 heteroatoms. The van der Waals surface area contributed by atoms with Gasteiger partial charge in [0.1, 0.15) is 5.75 Å². The Labute approximate surface area is 110 Å². The minimum absolute atomic E-state index is 0.0957. The molecule has 0 bridgehead atoms. The van der Waals surface area contributed by atoms with Crippen LogP contribution in [0.2, 0.25) is 0 Å². The molecule has 0 radical (unpaired) electrons. The lowest BCUT2D eigenvalue weighted by molar-refractivity contribution is -0.128. The molecule has 100 valence electrons. The van der Waals surface area contributed by atoms with Crippen molar-refractivity contribution >= 4 is 5.91 Å². The molecule has 0 spiro atoms. The summed E-state index contributed by atoms with van der Waals surface area (Å²) in [5, 5.41) is 2.90. The maximum atomic E-state index is 11.9. The second kappa shape index (κ2) is 5.42. The third-order valence-electron chi connectivity index (χ3n) is 2.38. The summed E-state index contributed by atoms with van der Waals surface area (Å²) in [6.07, 6.45) is -0.495. The molecule has 0 aliphatic rings. The number of ether oxygens (including phenoxy) is 1. The lowest BCUT2D eigenvalue weighted by Crippen LogP contribution is -2.46. The van der Waals surface area contributed by atoms with Gasteiger partial charge in [-0.3, -0.25) is 4.79 Å². The third-order valence-corrected chi connectivity index (χ3v) is 2.38. The molecule has 0 saturated carbocycles. The van der Waals surface area contributed by atoms with Gasteiger partial charge >= 0.3 is 0 Å². The van der Waals surface area contributed by atoms with E-state index in [0.29, 0.717) is 0 Å². The molecule has 1 N–H and O–H groups in total. The van der Waals surface area contributed by atoms with Crippen molar-refractivity contribution in [2.75, 3.05) is 0 Å². The maximum absolute atomic E-state index is 11.9. The molecule has 1 rings (SSSR count). The third kappa shape index (κ3) is 4.78. The summed E-state index contributed by atoms with van der Waals surface area (Å²) in [5.74, 6) is 0.644. The van der Waals surface area contributed by atoms with Crippen LogP contribution in [0.5, 0.6) is 5.75 Å². The lowest BCUT2D eigenvalue weighted by Gasteiger charge is -2.23. The van der Waals surface area contributed by atoms with Crippen molar-refractivity contribution in [2.45, 2.75) is 53.2 Å². The number of hydrogen-bond donors (Lipinski definition) is 1. The number of carbonyl (C=O) groups is 1. The molecule has 1 atom stereocenters.